The molecule has 1 amide bonds. The number of carbonyl (C=O) groups excluding carboxylic acids is 1. The molecule has 7 heteroatoms. The average molecular weight is 328 g/mol. The Bertz CT molecular complexity index is 767. The van der Waals surface area contributed by atoms with Crippen LogP contribution in [0.1, 0.15) is 35.8 Å². The average Bonchev–Trinajstić information content (AvgIpc) is 3.27. The molecule has 1 N–H and O–H groups in total. The summed E-state index contributed by atoms with van der Waals surface area (Å²) in [5.41, 5.74) is 2.16. The topological polar surface area (TPSA) is 88.3 Å². The van der Waals surface area contributed by atoms with Crippen molar-refractivity contribution in [3.8, 4) is 5.69 Å². The maximum atomic E-state index is 12.7. The van der Waals surface area contributed by atoms with Gasteiger partial charge >= 0.3 is 5.97 Å². The van der Waals surface area contributed by atoms with E-state index in [1.165, 1.54) is 0 Å². The van der Waals surface area contributed by atoms with Crippen molar-refractivity contribution < 1.29 is 14.7 Å². The summed E-state index contributed by atoms with van der Waals surface area (Å²) in [6.45, 7) is 3.78. The molecule has 0 aliphatic heterocycles. The van der Waals surface area contributed by atoms with E-state index >= 15 is 0 Å². The third kappa shape index (κ3) is 3.45. The Labute approximate surface area is 139 Å². The summed E-state index contributed by atoms with van der Waals surface area (Å²) in [7, 11) is 0. The first-order valence-corrected chi connectivity index (χ1v) is 7.99. The third-order valence-electron chi connectivity index (χ3n) is 4.12. The molecule has 0 saturated heterocycles. The van der Waals surface area contributed by atoms with Crippen LogP contribution in [0.3, 0.4) is 0 Å². The van der Waals surface area contributed by atoms with Crippen molar-refractivity contribution in [2.24, 2.45) is 5.92 Å². The number of carbonyl (C=O) groups is 2. The van der Waals surface area contributed by atoms with Crippen LogP contribution in [-0.2, 0) is 4.79 Å². The standard InChI is InChI=1S/C17H20N4O3/c1-11-4-3-5-14(8-11)21-10-15(18-19-21)16(22)20(13-6-7-13)9-12(2)17(23)24/h3-5,8,10,12-13H,6-7,9H2,1-2H3,(H,23,24). The van der Waals surface area contributed by atoms with E-state index in [1.54, 1.807) is 22.7 Å². The van der Waals surface area contributed by atoms with Crippen LogP contribution in [0, 0.1) is 12.8 Å². The molecule has 7 nitrogen and oxygen atoms in total. The molecule has 1 saturated carbocycles. The van der Waals surface area contributed by atoms with Crippen molar-refractivity contribution in [2.75, 3.05) is 6.54 Å². The van der Waals surface area contributed by atoms with Crippen LogP contribution >= 0.6 is 0 Å². The maximum Gasteiger partial charge on any atom is 0.308 e. The number of aryl methyl sites for hydroxylation is 1. The van der Waals surface area contributed by atoms with Crippen LogP contribution in [0.4, 0.5) is 0 Å². The first-order chi connectivity index (χ1) is 11.5. The number of carboxylic acid groups (broad SMARTS) is 1. The molecule has 0 bridgehead atoms. The Morgan fingerprint density at radius 1 is 1.42 bits per heavy atom. The number of hydrogen-bond donors (Lipinski definition) is 1. The van der Waals surface area contributed by atoms with Gasteiger partial charge in [0, 0.05) is 12.6 Å². The molecule has 1 aromatic heterocycles. The lowest BCUT2D eigenvalue weighted by molar-refractivity contribution is -0.141. The first kappa shape index (κ1) is 16.2. The molecule has 0 spiro atoms. The maximum absolute atomic E-state index is 12.7. The van der Waals surface area contributed by atoms with Gasteiger partial charge in [-0.2, -0.15) is 0 Å². The number of amides is 1. The van der Waals surface area contributed by atoms with Crippen LogP contribution < -0.4 is 0 Å². The summed E-state index contributed by atoms with van der Waals surface area (Å²) in [5.74, 6) is -1.78. The van der Waals surface area contributed by atoms with Crippen LogP contribution in [0.25, 0.3) is 5.69 Å². The van der Waals surface area contributed by atoms with E-state index in [-0.39, 0.29) is 24.2 Å². The summed E-state index contributed by atoms with van der Waals surface area (Å²) in [6.07, 6.45) is 3.41. The van der Waals surface area contributed by atoms with E-state index in [1.807, 2.05) is 31.2 Å². The zero-order valence-corrected chi connectivity index (χ0v) is 13.7. The van der Waals surface area contributed by atoms with Gasteiger partial charge in [-0.15, -0.1) is 5.10 Å². The smallest absolute Gasteiger partial charge is 0.308 e. The van der Waals surface area contributed by atoms with Gasteiger partial charge in [0.25, 0.3) is 5.91 Å². The fraction of sp³-hybridized carbons (Fsp3) is 0.412. The van der Waals surface area contributed by atoms with Crippen molar-refractivity contribution >= 4 is 11.9 Å². The van der Waals surface area contributed by atoms with Crippen molar-refractivity contribution in [1.82, 2.24) is 19.9 Å². The molecule has 24 heavy (non-hydrogen) atoms. The number of aliphatic carboxylic acids is 1. The Hall–Kier alpha value is -2.70. The molecule has 2 aromatic rings. The van der Waals surface area contributed by atoms with Gasteiger partial charge in [0.15, 0.2) is 5.69 Å². The fourth-order valence-corrected chi connectivity index (χ4v) is 2.56. The lowest BCUT2D eigenvalue weighted by atomic mass is 10.1. The van der Waals surface area contributed by atoms with Gasteiger partial charge in [0.05, 0.1) is 17.8 Å². The molecule has 1 aromatic carbocycles. The number of carboxylic acids is 1. The predicted molar refractivity (Wildman–Crippen MR) is 87.0 cm³/mol. The van der Waals surface area contributed by atoms with Crippen molar-refractivity contribution in [3.05, 3.63) is 41.7 Å². The number of rotatable bonds is 6. The van der Waals surface area contributed by atoms with Crippen molar-refractivity contribution in [2.45, 2.75) is 32.7 Å². The van der Waals surface area contributed by atoms with Gasteiger partial charge in [-0.1, -0.05) is 24.3 Å². The second kappa shape index (κ2) is 6.43. The second-order valence-electron chi connectivity index (χ2n) is 6.32. The number of aromatic nitrogens is 3. The SMILES string of the molecule is Cc1cccc(-n2cc(C(=O)N(CC(C)C(=O)O)C3CC3)nn2)c1. The van der Waals surface area contributed by atoms with E-state index in [0.29, 0.717) is 0 Å². The molecule has 1 unspecified atom stereocenters. The summed E-state index contributed by atoms with van der Waals surface area (Å²) in [4.78, 5) is 25.4. The zero-order valence-electron chi connectivity index (χ0n) is 13.7. The lowest BCUT2D eigenvalue weighted by Gasteiger charge is -2.23. The minimum Gasteiger partial charge on any atom is -0.481 e. The fourth-order valence-electron chi connectivity index (χ4n) is 2.56. The number of benzene rings is 1. The van der Waals surface area contributed by atoms with Gasteiger partial charge < -0.3 is 10.0 Å². The molecule has 126 valence electrons. The largest absolute Gasteiger partial charge is 0.481 e. The van der Waals surface area contributed by atoms with Crippen molar-refractivity contribution in [1.29, 1.82) is 0 Å². The van der Waals surface area contributed by atoms with Gasteiger partial charge in [-0.25, -0.2) is 4.68 Å². The molecule has 0 radical (unpaired) electrons. The molecule has 1 fully saturated rings. The molecular weight excluding hydrogens is 308 g/mol. The third-order valence-corrected chi connectivity index (χ3v) is 4.12. The van der Waals surface area contributed by atoms with Gasteiger partial charge in [0.1, 0.15) is 0 Å². The Kier molecular flexibility index (Phi) is 4.33. The predicted octanol–water partition coefficient (Wildman–Crippen LogP) is 1.90. The second-order valence-corrected chi connectivity index (χ2v) is 6.32. The molecule has 1 heterocycles. The Balaban J connectivity index is 1.80. The summed E-state index contributed by atoms with van der Waals surface area (Å²) in [5, 5.41) is 17.1. The van der Waals surface area contributed by atoms with Crippen LogP contribution in [0.5, 0.6) is 0 Å². The highest BCUT2D eigenvalue weighted by Gasteiger charge is 2.36. The van der Waals surface area contributed by atoms with Crippen molar-refractivity contribution in [3.63, 3.8) is 0 Å². The van der Waals surface area contributed by atoms with E-state index in [2.05, 4.69) is 10.3 Å². The summed E-state index contributed by atoms with van der Waals surface area (Å²) in [6, 6.07) is 7.85. The summed E-state index contributed by atoms with van der Waals surface area (Å²) >= 11 is 0. The van der Waals surface area contributed by atoms with Gasteiger partial charge in [-0.05, 0) is 37.5 Å². The van der Waals surface area contributed by atoms with E-state index in [0.717, 1.165) is 24.1 Å². The number of hydrogen-bond acceptors (Lipinski definition) is 4. The van der Waals surface area contributed by atoms with E-state index in [4.69, 9.17) is 5.11 Å². The van der Waals surface area contributed by atoms with Crippen LogP contribution in [0.15, 0.2) is 30.5 Å². The minimum atomic E-state index is -0.906. The highest BCUT2D eigenvalue weighted by Crippen LogP contribution is 2.29. The number of nitrogens with zero attached hydrogens (tertiary/aromatic N) is 4. The first-order valence-electron chi connectivity index (χ1n) is 7.99. The van der Waals surface area contributed by atoms with Crippen LogP contribution in [0.2, 0.25) is 0 Å². The monoisotopic (exact) mass is 328 g/mol. The molecule has 1 atom stereocenters. The molecular formula is C17H20N4O3. The van der Waals surface area contributed by atoms with E-state index in [9.17, 15) is 9.59 Å². The highest BCUT2D eigenvalue weighted by molar-refractivity contribution is 5.92. The molecule has 1 aliphatic carbocycles. The van der Waals surface area contributed by atoms with E-state index < -0.39 is 11.9 Å². The zero-order chi connectivity index (χ0) is 17.3. The van der Waals surface area contributed by atoms with Gasteiger partial charge in [0.2, 0.25) is 0 Å². The molecule has 3 rings (SSSR count). The molecule has 1 aliphatic rings. The van der Waals surface area contributed by atoms with Crippen LogP contribution in [-0.4, -0.2) is 49.5 Å². The summed E-state index contributed by atoms with van der Waals surface area (Å²) < 4.78 is 1.56. The Morgan fingerprint density at radius 3 is 2.79 bits per heavy atom. The minimum absolute atomic E-state index is 0.114. The quantitative estimate of drug-likeness (QED) is 0.875. The van der Waals surface area contributed by atoms with Gasteiger partial charge in [-0.3, -0.25) is 9.59 Å². The Morgan fingerprint density at radius 2 is 2.17 bits per heavy atom. The lowest BCUT2D eigenvalue weighted by Crippen LogP contribution is -2.38. The normalized spacial score (nSPS) is 15.1. The highest BCUT2D eigenvalue weighted by atomic mass is 16.4.